The maximum absolute atomic E-state index is 11.0. The van der Waals surface area contributed by atoms with Crippen LogP contribution in [-0.4, -0.2) is 25.3 Å². The van der Waals surface area contributed by atoms with E-state index >= 15 is 0 Å². The Balaban J connectivity index is 2.64. The van der Waals surface area contributed by atoms with E-state index < -0.39 is 5.97 Å². The molecule has 0 atom stereocenters. The lowest BCUT2D eigenvalue weighted by Crippen LogP contribution is -2.03. The van der Waals surface area contributed by atoms with Crippen molar-refractivity contribution in [1.82, 2.24) is 0 Å². The molecule has 2 aromatic rings. The van der Waals surface area contributed by atoms with Gasteiger partial charge in [0.25, 0.3) is 0 Å². The molecule has 0 bridgehead atoms. The first kappa shape index (κ1) is 13.9. The van der Waals surface area contributed by atoms with Crippen LogP contribution in [0.25, 0.3) is 11.1 Å². The number of carbonyl (C=O) groups is 1. The maximum Gasteiger partial charge on any atom is 0.307 e. The van der Waals surface area contributed by atoms with Crippen molar-refractivity contribution in [3.05, 3.63) is 48.0 Å². The molecule has 0 unspecified atom stereocenters. The molecule has 0 aromatic heterocycles. The molecule has 0 saturated heterocycles. The maximum atomic E-state index is 11.0. The molecular formula is C16H16O4. The Labute approximate surface area is 117 Å². The number of carboxylic acids is 1. The zero-order valence-electron chi connectivity index (χ0n) is 11.4. The van der Waals surface area contributed by atoms with Crippen LogP contribution in [0.4, 0.5) is 0 Å². The van der Waals surface area contributed by atoms with Crippen LogP contribution in [0, 0.1) is 0 Å². The van der Waals surface area contributed by atoms with E-state index in [4.69, 9.17) is 14.6 Å². The van der Waals surface area contributed by atoms with Crippen LogP contribution >= 0.6 is 0 Å². The van der Waals surface area contributed by atoms with Gasteiger partial charge in [0, 0.05) is 0 Å². The molecule has 0 amide bonds. The molecule has 0 spiro atoms. The molecule has 0 heterocycles. The standard InChI is InChI=1S/C16H16O4/c1-19-13-8-5-9-14(20-2)16(13)12-7-4-3-6-11(12)10-15(17)18/h3-9H,10H2,1-2H3,(H,17,18). The van der Waals surface area contributed by atoms with Crippen LogP contribution in [0.1, 0.15) is 5.56 Å². The average Bonchev–Trinajstić information content (AvgIpc) is 2.46. The number of rotatable bonds is 5. The van der Waals surface area contributed by atoms with E-state index in [0.29, 0.717) is 11.5 Å². The number of hydrogen-bond donors (Lipinski definition) is 1. The number of ether oxygens (including phenoxy) is 2. The molecule has 0 aliphatic carbocycles. The molecule has 0 aliphatic heterocycles. The molecule has 4 nitrogen and oxygen atoms in total. The lowest BCUT2D eigenvalue weighted by atomic mass is 9.96. The summed E-state index contributed by atoms with van der Waals surface area (Å²) < 4.78 is 10.7. The van der Waals surface area contributed by atoms with Crippen molar-refractivity contribution >= 4 is 5.97 Å². The van der Waals surface area contributed by atoms with E-state index in [1.165, 1.54) is 0 Å². The second kappa shape index (κ2) is 6.10. The minimum Gasteiger partial charge on any atom is -0.496 e. The van der Waals surface area contributed by atoms with Crippen molar-refractivity contribution in [2.24, 2.45) is 0 Å². The summed E-state index contributed by atoms with van der Waals surface area (Å²) in [5.74, 6) is 0.440. The topological polar surface area (TPSA) is 55.8 Å². The van der Waals surface area contributed by atoms with Crippen LogP contribution in [0.15, 0.2) is 42.5 Å². The lowest BCUT2D eigenvalue weighted by molar-refractivity contribution is -0.136. The van der Waals surface area contributed by atoms with Gasteiger partial charge in [-0.25, -0.2) is 0 Å². The van der Waals surface area contributed by atoms with Gasteiger partial charge in [-0.2, -0.15) is 0 Å². The molecule has 20 heavy (non-hydrogen) atoms. The zero-order chi connectivity index (χ0) is 14.5. The summed E-state index contributed by atoms with van der Waals surface area (Å²) in [4.78, 5) is 11.0. The number of aliphatic carboxylic acids is 1. The van der Waals surface area contributed by atoms with Crippen molar-refractivity contribution in [2.45, 2.75) is 6.42 Å². The Hall–Kier alpha value is -2.49. The highest BCUT2D eigenvalue weighted by Gasteiger charge is 2.16. The first-order chi connectivity index (χ1) is 9.67. The quantitative estimate of drug-likeness (QED) is 0.909. The number of benzene rings is 2. The zero-order valence-corrected chi connectivity index (χ0v) is 11.4. The van der Waals surface area contributed by atoms with E-state index in [2.05, 4.69) is 0 Å². The van der Waals surface area contributed by atoms with E-state index in [9.17, 15) is 4.79 Å². The van der Waals surface area contributed by atoms with Gasteiger partial charge in [0.15, 0.2) is 0 Å². The molecule has 104 valence electrons. The molecule has 0 aliphatic rings. The second-order valence-electron chi connectivity index (χ2n) is 4.27. The van der Waals surface area contributed by atoms with Crippen molar-refractivity contribution in [1.29, 1.82) is 0 Å². The van der Waals surface area contributed by atoms with E-state index in [-0.39, 0.29) is 6.42 Å². The van der Waals surface area contributed by atoms with Gasteiger partial charge in [-0.1, -0.05) is 30.3 Å². The SMILES string of the molecule is COc1cccc(OC)c1-c1ccccc1CC(=O)O. The van der Waals surface area contributed by atoms with Gasteiger partial charge in [-0.3, -0.25) is 4.79 Å². The van der Waals surface area contributed by atoms with Crippen LogP contribution in [0.3, 0.4) is 0 Å². The molecule has 2 aromatic carbocycles. The average molecular weight is 272 g/mol. The van der Waals surface area contributed by atoms with Gasteiger partial charge in [0.1, 0.15) is 11.5 Å². The Kier molecular flexibility index (Phi) is 4.25. The van der Waals surface area contributed by atoms with Crippen LogP contribution in [0.2, 0.25) is 0 Å². The molecular weight excluding hydrogens is 256 g/mol. The summed E-state index contributed by atoms with van der Waals surface area (Å²) >= 11 is 0. The minimum absolute atomic E-state index is 0.0443. The smallest absolute Gasteiger partial charge is 0.307 e. The molecule has 2 rings (SSSR count). The molecule has 0 saturated carbocycles. The lowest BCUT2D eigenvalue weighted by Gasteiger charge is -2.15. The van der Waals surface area contributed by atoms with Gasteiger partial charge in [-0.05, 0) is 23.3 Å². The number of methoxy groups -OCH3 is 2. The molecule has 0 radical (unpaired) electrons. The van der Waals surface area contributed by atoms with E-state index in [1.54, 1.807) is 20.3 Å². The highest BCUT2D eigenvalue weighted by Crippen LogP contribution is 2.39. The molecule has 4 heteroatoms. The van der Waals surface area contributed by atoms with Crippen molar-refractivity contribution in [2.75, 3.05) is 14.2 Å². The van der Waals surface area contributed by atoms with E-state index in [1.807, 2.05) is 36.4 Å². The Bertz CT molecular complexity index is 597. The first-order valence-corrected chi connectivity index (χ1v) is 6.18. The van der Waals surface area contributed by atoms with Gasteiger partial charge in [0.2, 0.25) is 0 Å². The summed E-state index contributed by atoms with van der Waals surface area (Å²) in [6, 6.07) is 12.9. The van der Waals surface area contributed by atoms with Gasteiger partial charge >= 0.3 is 5.97 Å². The van der Waals surface area contributed by atoms with E-state index in [0.717, 1.165) is 16.7 Å². The predicted molar refractivity (Wildman–Crippen MR) is 76.3 cm³/mol. The summed E-state index contributed by atoms with van der Waals surface area (Å²) in [6.07, 6.45) is -0.0443. The van der Waals surface area contributed by atoms with Crippen molar-refractivity contribution in [3.8, 4) is 22.6 Å². The Morgan fingerprint density at radius 1 is 1.00 bits per heavy atom. The fourth-order valence-corrected chi connectivity index (χ4v) is 2.20. The summed E-state index contributed by atoms with van der Waals surface area (Å²) in [5, 5.41) is 9.03. The molecule has 1 N–H and O–H groups in total. The van der Waals surface area contributed by atoms with Crippen LogP contribution < -0.4 is 9.47 Å². The first-order valence-electron chi connectivity index (χ1n) is 6.18. The third-order valence-corrected chi connectivity index (χ3v) is 3.06. The summed E-state index contributed by atoms with van der Waals surface area (Å²) in [6.45, 7) is 0. The summed E-state index contributed by atoms with van der Waals surface area (Å²) in [5.41, 5.74) is 2.31. The normalized spacial score (nSPS) is 10.1. The fraction of sp³-hybridized carbons (Fsp3) is 0.188. The van der Waals surface area contributed by atoms with Crippen molar-refractivity contribution < 1.29 is 19.4 Å². The van der Waals surface area contributed by atoms with Gasteiger partial charge in [-0.15, -0.1) is 0 Å². The largest absolute Gasteiger partial charge is 0.496 e. The number of carboxylic acid groups (broad SMARTS) is 1. The van der Waals surface area contributed by atoms with Gasteiger partial charge < -0.3 is 14.6 Å². The fourth-order valence-electron chi connectivity index (χ4n) is 2.20. The summed E-state index contributed by atoms with van der Waals surface area (Å²) in [7, 11) is 3.16. The third kappa shape index (κ3) is 2.74. The predicted octanol–water partition coefficient (Wildman–Crippen LogP) is 3.00. The van der Waals surface area contributed by atoms with Crippen molar-refractivity contribution in [3.63, 3.8) is 0 Å². The number of hydrogen-bond acceptors (Lipinski definition) is 3. The van der Waals surface area contributed by atoms with Crippen LogP contribution in [0.5, 0.6) is 11.5 Å². The Morgan fingerprint density at radius 3 is 2.15 bits per heavy atom. The molecule has 0 fully saturated rings. The van der Waals surface area contributed by atoms with Gasteiger partial charge in [0.05, 0.1) is 26.2 Å². The highest BCUT2D eigenvalue weighted by molar-refractivity contribution is 5.82. The minimum atomic E-state index is -0.869. The second-order valence-corrected chi connectivity index (χ2v) is 4.27. The highest BCUT2D eigenvalue weighted by atomic mass is 16.5. The van der Waals surface area contributed by atoms with Crippen LogP contribution in [-0.2, 0) is 11.2 Å². The monoisotopic (exact) mass is 272 g/mol. The third-order valence-electron chi connectivity index (χ3n) is 3.06. The Morgan fingerprint density at radius 2 is 1.60 bits per heavy atom.